The normalized spacial score (nSPS) is 10.9. The van der Waals surface area contributed by atoms with Gasteiger partial charge < -0.3 is 10.6 Å². The van der Waals surface area contributed by atoms with Crippen molar-refractivity contribution in [1.82, 2.24) is 9.97 Å². The summed E-state index contributed by atoms with van der Waals surface area (Å²) in [7, 11) is 0. The van der Waals surface area contributed by atoms with Gasteiger partial charge in [-0.2, -0.15) is 0 Å². The fourth-order valence-electron chi connectivity index (χ4n) is 3.72. The molecular weight excluding hydrogens is 452 g/mol. The second kappa shape index (κ2) is 12.2. The van der Waals surface area contributed by atoms with E-state index >= 15 is 0 Å². The summed E-state index contributed by atoms with van der Waals surface area (Å²) in [6.07, 6.45) is 1.40. The molecule has 0 bridgehead atoms. The van der Waals surface area contributed by atoms with Gasteiger partial charge in [0.15, 0.2) is 0 Å². The highest BCUT2D eigenvalue weighted by Gasteiger charge is 2.24. The van der Waals surface area contributed by atoms with Crippen LogP contribution in [-0.4, -0.2) is 35.1 Å². The zero-order valence-corrected chi connectivity index (χ0v) is 21.9. The second-order valence-electron chi connectivity index (χ2n) is 9.73. The van der Waals surface area contributed by atoms with Gasteiger partial charge in [0.2, 0.25) is 0 Å². The third-order valence-electron chi connectivity index (χ3n) is 5.55. The number of nitrogens with zero attached hydrogens (tertiary/aromatic N) is 4. The molecule has 0 fully saturated rings. The van der Waals surface area contributed by atoms with Crippen molar-refractivity contribution < 1.29 is 9.59 Å². The number of carbonyl (C=O) groups excluding carboxylic acids is 2. The molecule has 0 aliphatic heterocycles. The van der Waals surface area contributed by atoms with Crippen LogP contribution in [0.1, 0.15) is 38.8 Å². The highest BCUT2D eigenvalue weighted by atomic mass is 16.2. The molecule has 0 unspecified atom stereocenters. The lowest BCUT2D eigenvalue weighted by Gasteiger charge is -2.27. The molecule has 0 atom stereocenters. The number of amides is 4. The minimum Gasteiger partial charge on any atom is -0.307 e. The molecule has 3 aromatic rings. The lowest BCUT2D eigenvalue weighted by Crippen LogP contribution is -2.40. The Labute approximate surface area is 213 Å². The molecule has 4 amide bonds. The first-order chi connectivity index (χ1) is 17.2. The summed E-state index contributed by atoms with van der Waals surface area (Å²) in [5.74, 6) is 1.25. The van der Waals surface area contributed by atoms with Gasteiger partial charge in [0, 0.05) is 30.5 Å². The third kappa shape index (κ3) is 7.04. The van der Waals surface area contributed by atoms with E-state index in [2.05, 4.69) is 20.6 Å². The lowest BCUT2D eigenvalue weighted by atomic mass is 10.2. The van der Waals surface area contributed by atoms with E-state index in [-0.39, 0.29) is 23.9 Å². The maximum Gasteiger partial charge on any atom is 0.327 e. The van der Waals surface area contributed by atoms with E-state index in [4.69, 9.17) is 0 Å². The van der Waals surface area contributed by atoms with Crippen LogP contribution in [0.25, 0.3) is 0 Å². The van der Waals surface area contributed by atoms with Crippen LogP contribution in [0, 0.1) is 25.7 Å². The molecule has 2 aromatic carbocycles. The maximum atomic E-state index is 13.3. The van der Waals surface area contributed by atoms with Gasteiger partial charge in [-0.15, -0.1) is 0 Å². The van der Waals surface area contributed by atoms with Crippen LogP contribution in [0.5, 0.6) is 0 Å². The topological polar surface area (TPSA) is 90.5 Å². The molecule has 190 valence electrons. The molecule has 1 aromatic heterocycles. The first-order valence-corrected chi connectivity index (χ1v) is 12.3. The smallest absolute Gasteiger partial charge is 0.307 e. The number of rotatable bonds is 8. The van der Waals surface area contributed by atoms with Crippen molar-refractivity contribution in [2.75, 3.05) is 33.5 Å². The molecule has 1 heterocycles. The van der Waals surface area contributed by atoms with Crippen LogP contribution >= 0.6 is 0 Å². The number of aromatic nitrogens is 2. The van der Waals surface area contributed by atoms with E-state index < -0.39 is 0 Å². The molecule has 0 spiro atoms. The Morgan fingerprint density at radius 3 is 1.47 bits per heavy atom. The van der Waals surface area contributed by atoms with Gasteiger partial charge in [0.25, 0.3) is 0 Å². The molecule has 0 radical (unpaired) electrons. The number of urea groups is 2. The number of hydrogen-bond acceptors (Lipinski definition) is 4. The SMILES string of the molecule is Cc1ccccc1NC(=O)N(CC(C)C)c1cc(N(CC(C)C)C(=O)Nc2ccccc2C)ncn1. The van der Waals surface area contributed by atoms with Crippen LogP contribution < -0.4 is 20.4 Å². The predicted octanol–water partition coefficient (Wildman–Crippen LogP) is 6.48. The summed E-state index contributed by atoms with van der Waals surface area (Å²) in [5.41, 5.74) is 3.42. The van der Waals surface area contributed by atoms with E-state index in [9.17, 15) is 9.59 Å². The summed E-state index contributed by atoms with van der Waals surface area (Å²) in [6, 6.07) is 16.4. The van der Waals surface area contributed by atoms with Crippen molar-refractivity contribution in [2.24, 2.45) is 11.8 Å². The predicted molar refractivity (Wildman–Crippen MR) is 147 cm³/mol. The quantitative estimate of drug-likeness (QED) is 0.379. The summed E-state index contributed by atoms with van der Waals surface area (Å²) in [5, 5.41) is 5.98. The number of aryl methyl sites for hydroxylation is 2. The number of nitrogens with one attached hydrogen (secondary N) is 2. The minimum atomic E-state index is -0.289. The van der Waals surface area contributed by atoms with Crippen LogP contribution in [0.3, 0.4) is 0 Å². The third-order valence-corrected chi connectivity index (χ3v) is 5.55. The van der Waals surface area contributed by atoms with E-state index in [1.54, 1.807) is 15.9 Å². The Kier molecular flexibility index (Phi) is 9.00. The highest BCUT2D eigenvalue weighted by Crippen LogP contribution is 2.23. The molecule has 2 N–H and O–H groups in total. The largest absolute Gasteiger partial charge is 0.327 e. The molecular formula is C28H36N6O2. The van der Waals surface area contributed by atoms with E-state index in [0.717, 1.165) is 22.5 Å². The number of para-hydroxylation sites is 2. The van der Waals surface area contributed by atoms with Crippen LogP contribution in [0.15, 0.2) is 60.9 Å². The standard InChI is InChI=1S/C28H36N6O2/c1-19(2)16-33(27(35)31-23-13-9-7-11-21(23)5)25-15-26(30-18-29-25)34(17-20(3)4)28(36)32-24-14-10-8-12-22(24)6/h7-15,18-20H,16-17H2,1-6H3,(H,31,35)(H,32,36). The van der Waals surface area contributed by atoms with Gasteiger partial charge in [-0.3, -0.25) is 9.80 Å². The Hall–Kier alpha value is -3.94. The van der Waals surface area contributed by atoms with Gasteiger partial charge in [-0.25, -0.2) is 19.6 Å². The monoisotopic (exact) mass is 488 g/mol. The fourth-order valence-corrected chi connectivity index (χ4v) is 3.72. The molecule has 8 nitrogen and oxygen atoms in total. The van der Waals surface area contributed by atoms with Crippen LogP contribution in [0.4, 0.5) is 32.6 Å². The molecule has 0 saturated carbocycles. The molecule has 36 heavy (non-hydrogen) atoms. The number of benzene rings is 2. The first kappa shape index (κ1) is 26.7. The maximum absolute atomic E-state index is 13.3. The molecule has 0 aliphatic rings. The molecule has 8 heteroatoms. The van der Waals surface area contributed by atoms with Crippen molar-refractivity contribution in [1.29, 1.82) is 0 Å². The van der Waals surface area contributed by atoms with Gasteiger partial charge in [-0.05, 0) is 48.9 Å². The van der Waals surface area contributed by atoms with Crippen molar-refractivity contribution in [3.63, 3.8) is 0 Å². The zero-order chi connectivity index (χ0) is 26.2. The summed E-state index contributed by atoms with van der Waals surface area (Å²) in [4.78, 5) is 38.6. The van der Waals surface area contributed by atoms with E-state index in [0.29, 0.717) is 24.7 Å². The first-order valence-electron chi connectivity index (χ1n) is 12.3. The van der Waals surface area contributed by atoms with E-state index in [1.165, 1.54) is 6.33 Å². The highest BCUT2D eigenvalue weighted by molar-refractivity contribution is 6.03. The van der Waals surface area contributed by atoms with Crippen molar-refractivity contribution in [3.05, 3.63) is 72.1 Å². The Morgan fingerprint density at radius 2 is 1.11 bits per heavy atom. The zero-order valence-electron chi connectivity index (χ0n) is 21.9. The van der Waals surface area contributed by atoms with Crippen molar-refractivity contribution in [2.45, 2.75) is 41.5 Å². The average Bonchev–Trinajstić information content (AvgIpc) is 2.83. The fraction of sp³-hybridized carbons (Fsp3) is 0.357. The minimum absolute atomic E-state index is 0.196. The van der Waals surface area contributed by atoms with Crippen molar-refractivity contribution in [3.8, 4) is 0 Å². The molecule has 0 aliphatic carbocycles. The van der Waals surface area contributed by atoms with Crippen LogP contribution in [0.2, 0.25) is 0 Å². The average molecular weight is 489 g/mol. The van der Waals surface area contributed by atoms with Crippen LogP contribution in [-0.2, 0) is 0 Å². The van der Waals surface area contributed by atoms with E-state index in [1.807, 2.05) is 90.1 Å². The lowest BCUT2D eigenvalue weighted by molar-refractivity contribution is 0.255. The van der Waals surface area contributed by atoms with Gasteiger partial charge in [0.1, 0.15) is 18.0 Å². The Morgan fingerprint density at radius 1 is 0.722 bits per heavy atom. The summed E-state index contributed by atoms with van der Waals surface area (Å²) >= 11 is 0. The second-order valence-corrected chi connectivity index (χ2v) is 9.73. The number of anilines is 4. The van der Waals surface area contributed by atoms with Gasteiger partial charge in [0.05, 0.1) is 0 Å². The summed E-state index contributed by atoms with van der Waals surface area (Å²) < 4.78 is 0. The Bertz CT molecular complexity index is 1110. The van der Waals surface area contributed by atoms with Crippen molar-refractivity contribution >= 4 is 35.1 Å². The molecule has 3 rings (SSSR count). The van der Waals surface area contributed by atoms with Gasteiger partial charge >= 0.3 is 12.1 Å². The number of hydrogen-bond donors (Lipinski definition) is 2. The summed E-state index contributed by atoms with van der Waals surface area (Å²) in [6.45, 7) is 13.0. The number of carbonyl (C=O) groups is 2. The van der Waals surface area contributed by atoms with Gasteiger partial charge in [-0.1, -0.05) is 64.1 Å². The molecule has 0 saturated heterocycles. The Balaban J connectivity index is 1.92.